The predicted octanol–water partition coefficient (Wildman–Crippen LogP) is 1.01. The highest BCUT2D eigenvalue weighted by molar-refractivity contribution is 5.84. The highest BCUT2D eigenvalue weighted by Crippen LogP contribution is 2.21. The second kappa shape index (κ2) is 7.66. The van der Waals surface area contributed by atoms with Crippen LogP contribution in [0, 0.1) is 11.8 Å². The maximum atomic E-state index is 12.5. The molecule has 0 fully saturated rings. The lowest BCUT2D eigenvalue weighted by Gasteiger charge is -2.08. The third-order valence-electron chi connectivity index (χ3n) is 3.29. The molecular weight excluding hydrogens is 320 g/mol. The molecule has 25 heavy (non-hydrogen) atoms. The van der Waals surface area contributed by atoms with Crippen LogP contribution in [0.2, 0.25) is 0 Å². The maximum Gasteiger partial charge on any atom is 0.263 e. The second-order valence-corrected chi connectivity index (χ2v) is 6.05. The Bertz CT molecular complexity index is 924. The third kappa shape index (κ3) is 4.47. The number of aromatic amines is 1. The SMILES string of the molecule is CC(=O)NCC#Cc1cn(C(C)C)c2nc(N=CN(C)C)[nH]c(=O)c12. The fraction of sp³-hybridized carbons (Fsp3) is 0.412. The van der Waals surface area contributed by atoms with E-state index in [0.29, 0.717) is 16.6 Å². The van der Waals surface area contributed by atoms with Crippen molar-refractivity contribution in [1.29, 1.82) is 0 Å². The Morgan fingerprint density at radius 2 is 2.24 bits per heavy atom. The minimum Gasteiger partial charge on any atom is -0.369 e. The molecule has 0 aliphatic rings. The number of nitrogens with zero attached hydrogens (tertiary/aromatic N) is 4. The summed E-state index contributed by atoms with van der Waals surface area (Å²) < 4.78 is 1.89. The number of carbonyl (C=O) groups is 1. The summed E-state index contributed by atoms with van der Waals surface area (Å²) in [6.45, 7) is 5.65. The fourth-order valence-electron chi connectivity index (χ4n) is 2.17. The fourth-order valence-corrected chi connectivity index (χ4v) is 2.17. The van der Waals surface area contributed by atoms with Gasteiger partial charge >= 0.3 is 0 Å². The Hall–Kier alpha value is -3.08. The van der Waals surface area contributed by atoms with Crippen LogP contribution in [0.3, 0.4) is 0 Å². The highest BCUT2D eigenvalue weighted by atomic mass is 16.1. The normalized spacial score (nSPS) is 11.0. The van der Waals surface area contributed by atoms with Crippen LogP contribution in [0.25, 0.3) is 11.0 Å². The Morgan fingerprint density at radius 1 is 1.52 bits per heavy atom. The molecule has 2 rings (SSSR count). The molecule has 0 radical (unpaired) electrons. The summed E-state index contributed by atoms with van der Waals surface area (Å²) in [5.74, 6) is 5.87. The van der Waals surface area contributed by atoms with Crippen LogP contribution >= 0.6 is 0 Å². The molecule has 2 heterocycles. The van der Waals surface area contributed by atoms with Gasteiger partial charge in [-0.3, -0.25) is 14.6 Å². The van der Waals surface area contributed by atoms with Gasteiger partial charge in [0.1, 0.15) is 0 Å². The third-order valence-corrected chi connectivity index (χ3v) is 3.29. The second-order valence-electron chi connectivity index (χ2n) is 6.05. The van der Waals surface area contributed by atoms with Gasteiger partial charge < -0.3 is 14.8 Å². The molecule has 1 amide bonds. The van der Waals surface area contributed by atoms with Crippen LogP contribution in [-0.4, -0.2) is 52.3 Å². The Labute approximate surface area is 146 Å². The molecule has 8 heteroatoms. The Kier molecular flexibility index (Phi) is 5.60. The van der Waals surface area contributed by atoms with Crippen LogP contribution < -0.4 is 10.9 Å². The smallest absolute Gasteiger partial charge is 0.263 e. The van der Waals surface area contributed by atoms with E-state index >= 15 is 0 Å². The number of nitrogens with one attached hydrogen (secondary N) is 2. The van der Waals surface area contributed by atoms with Gasteiger partial charge in [0.15, 0.2) is 5.65 Å². The summed E-state index contributed by atoms with van der Waals surface area (Å²) in [6, 6.07) is 0.105. The molecule has 0 bridgehead atoms. The number of rotatable bonds is 4. The summed E-state index contributed by atoms with van der Waals surface area (Å²) in [5.41, 5.74) is 0.818. The average Bonchev–Trinajstić information content (AvgIpc) is 2.89. The largest absolute Gasteiger partial charge is 0.369 e. The molecule has 0 saturated carbocycles. The van der Waals surface area contributed by atoms with Crippen LogP contribution in [-0.2, 0) is 4.79 Å². The molecule has 2 aromatic heterocycles. The molecule has 2 N–H and O–H groups in total. The first kappa shape index (κ1) is 18.3. The van der Waals surface area contributed by atoms with E-state index in [2.05, 4.69) is 32.1 Å². The van der Waals surface area contributed by atoms with Crippen LogP contribution in [0.4, 0.5) is 5.95 Å². The number of aliphatic imine (C=N–C) groups is 1. The minimum atomic E-state index is -0.292. The van der Waals surface area contributed by atoms with Crippen molar-refractivity contribution >= 4 is 29.2 Å². The summed E-state index contributed by atoms with van der Waals surface area (Å²) in [7, 11) is 3.67. The first-order chi connectivity index (χ1) is 11.8. The number of amides is 1. The topological polar surface area (TPSA) is 95.4 Å². The van der Waals surface area contributed by atoms with Gasteiger partial charge in [-0.15, -0.1) is 0 Å². The monoisotopic (exact) mass is 342 g/mol. The van der Waals surface area contributed by atoms with E-state index < -0.39 is 0 Å². The number of aromatic nitrogens is 3. The first-order valence-corrected chi connectivity index (χ1v) is 7.88. The molecule has 0 aliphatic carbocycles. The summed E-state index contributed by atoms with van der Waals surface area (Å²) >= 11 is 0. The van der Waals surface area contributed by atoms with Gasteiger partial charge in [0.2, 0.25) is 11.9 Å². The summed E-state index contributed by atoms with van der Waals surface area (Å²) in [5, 5.41) is 3.02. The van der Waals surface area contributed by atoms with E-state index in [-0.39, 0.29) is 30.0 Å². The van der Waals surface area contributed by atoms with Gasteiger partial charge in [-0.2, -0.15) is 4.98 Å². The van der Waals surface area contributed by atoms with Crippen molar-refractivity contribution in [2.45, 2.75) is 26.8 Å². The molecule has 0 spiro atoms. The van der Waals surface area contributed by atoms with Crippen molar-refractivity contribution in [2.75, 3.05) is 20.6 Å². The van der Waals surface area contributed by atoms with Crippen molar-refractivity contribution in [3.8, 4) is 11.8 Å². The number of H-pyrrole nitrogens is 1. The van der Waals surface area contributed by atoms with Crippen molar-refractivity contribution < 1.29 is 4.79 Å². The molecule has 0 aromatic carbocycles. The van der Waals surface area contributed by atoms with Crippen molar-refractivity contribution in [2.24, 2.45) is 4.99 Å². The molecule has 0 unspecified atom stereocenters. The van der Waals surface area contributed by atoms with Crippen LogP contribution in [0.5, 0.6) is 0 Å². The maximum absolute atomic E-state index is 12.5. The van der Waals surface area contributed by atoms with E-state index in [1.165, 1.54) is 6.92 Å². The zero-order chi connectivity index (χ0) is 18.6. The predicted molar refractivity (Wildman–Crippen MR) is 98.1 cm³/mol. The highest BCUT2D eigenvalue weighted by Gasteiger charge is 2.15. The van der Waals surface area contributed by atoms with Gasteiger partial charge in [0, 0.05) is 33.3 Å². The van der Waals surface area contributed by atoms with Gasteiger partial charge in [0.05, 0.1) is 23.8 Å². The van der Waals surface area contributed by atoms with Gasteiger partial charge in [-0.05, 0) is 13.8 Å². The molecule has 0 aliphatic heterocycles. The minimum absolute atomic E-state index is 0.105. The number of carbonyl (C=O) groups excluding carboxylic acids is 1. The van der Waals surface area contributed by atoms with Crippen LogP contribution in [0.15, 0.2) is 16.0 Å². The average molecular weight is 342 g/mol. The Balaban J connectivity index is 2.54. The lowest BCUT2D eigenvalue weighted by molar-refractivity contribution is -0.118. The van der Waals surface area contributed by atoms with E-state index in [0.717, 1.165) is 0 Å². The lowest BCUT2D eigenvalue weighted by Crippen LogP contribution is -2.19. The quantitative estimate of drug-likeness (QED) is 0.492. The van der Waals surface area contributed by atoms with Crippen molar-refractivity contribution in [3.05, 3.63) is 22.1 Å². The van der Waals surface area contributed by atoms with Gasteiger partial charge in [0.25, 0.3) is 5.56 Å². The Morgan fingerprint density at radius 3 is 2.84 bits per heavy atom. The van der Waals surface area contributed by atoms with E-state index in [4.69, 9.17) is 0 Å². The van der Waals surface area contributed by atoms with Gasteiger partial charge in [-0.1, -0.05) is 11.8 Å². The molecule has 0 atom stereocenters. The molecule has 0 saturated heterocycles. The summed E-state index contributed by atoms with van der Waals surface area (Å²) in [6.07, 6.45) is 3.37. The van der Waals surface area contributed by atoms with Gasteiger partial charge in [-0.25, -0.2) is 4.99 Å². The molecule has 132 valence electrons. The lowest BCUT2D eigenvalue weighted by atomic mass is 10.2. The van der Waals surface area contributed by atoms with Crippen LogP contribution in [0.1, 0.15) is 32.4 Å². The molecule has 2 aromatic rings. The number of fused-ring (bicyclic) bond motifs is 1. The number of hydrogen-bond donors (Lipinski definition) is 2. The van der Waals surface area contributed by atoms with Crippen molar-refractivity contribution in [1.82, 2.24) is 24.8 Å². The van der Waals surface area contributed by atoms with Crippen molar-refractivity contribution in [3.63, 3.8) is 0 Å². The molecule has 8 nitrogen and oxygen atoms in total. The van der Waals surface area contributed by atoms with E-state index in [1.54, 1.807) is 17.4 Å². The standard InChI is InChI=1S/C17H22N6O2/c1-11(2)23-9-13(7-6-8-18-12(3)24)14-15(23)20-17(21-16(14)25)19-10-22(4)5/h9-11H,8H2,1-5H3,(H,18,24)(H,20,21,25). The number of hydrogen-bond acceptors (Lipinski definition) is 4. The molecular formula is C17H22N6O2. The summed E-state index contributed by atoms with van der Waals surface area (Å²) in [4.78, 5) is 36.4. The first-order valence-electron chi connectivity index (χ1n) is 7.88. The van der Waals surface area contributed by atoms with E-state index in [1.807, 2.05) is 32.5 Å². The van der Waals surface area contributed by atoms with E-state index in [9.17, 15) is 9.59 Å². The zero-order valence-corrected chi connectivity index (χ0v) is 15.0. The zero-order valence-electron chi connectivity index (χ0n) is 15.0.